The van der Waals surface area contributed by atoms with Gasteiger partial charge < -0.3 is 5.32 Å². The van der Waals surface area contributed by atoms with E-state index in [9.17, 15) is 9.59 Å². The normalized spacial score (nSPS) is 26.8. The van der Waals surface area contributed by atoms with Crippen LogP contribution < -0.4 is 5.32 Å². The fraction of sp³-hybridized carbons (Fsp3) is 0.480. The second-order valence-corrected chi connectivity index (χ2v) is 10.2. The Kier molecular flexibility index (Phi) is 6.18. The first-order chi connectivity index (χ1) is 14.7. The van der Waals surface area contributed by atoms with Crippen molar-refractivity contribution in [2.45, 2.75) is 38.6 Å². The van der Waals surface area contributed by atoms with Crippen LogP contribution in [-0.4, -0.2) is 46.7 Å². The number of Topliss-reactive ketones (excluding diaryl/α,β-unsaturated/α-hetero) is 1. The van der Waals surface area contributed by atoms with Gasteiger partial charge in [0.15, 0.2) is 5.78 Å². The van der Waals surface area contributed by atoms with Crippen LogP contribution in [0.3, 0.4) is 0 Å². The molecule has 0 saturated carbocycles. The molecule has 164 valence electrons. The molecule has 1 N–H and O–H groups in total. The van der Waals surface area contributed by atoms with E-state index in [2.05, 4.69) is 48.1 Å². The van der Waals surface area contributed by atoms with Gasteiger partial charge in [-0.3, -0.25) is 19.5 Å². The van der Waals surface area contributed by atoms with Gasteiger partial charge in [0.1, 0.15) is 5.92 Å². The summed E-state index contributed by atoms with van der Waals surface area (Å²) >= 11 is 6.04. The number of rotatable bonds is 5. The number of pyridine rings is 1. The number of nitrogens with zero attached hydrogens (tertiary/aromatic N) is 2. The maximum Gasteiger partial charge on any atom is 0.230 e. The van der Waals surface area contributed by atoms with Crippen molar-refractivity contribution >= 4 is 23.3 Å². The van der Waals surface area contributed by atoms with Crippen LogP contribution >= 0.6 is 11.6 Å². The molecule has 0 unspecified atom stereocenters. The van der Waals surface area contributed by atoms with E-state index in [-0.39, 0.29) is 35.0 Å². The summed E-state index contributed by atoms with van der Waals surface area (Å²) in [5, 5.41) is 3.52. The molecule has 2 aliphatic heterocycles. The molecule has 6 heteroatoms. The minimum Gasteiger partial charge on any atom is -0.355 e. The Hall–Kier alpha value is -2.24. The highest BCUT2D eigenvalue weighted by molar-refractivity contribution is 6.30. The summed E-state index contributed by atoms with van der Waals surface area (Å²) in [6, 6.07) is 13.8. The average Bonchev–Trinajstić information content (AvgIpc) is 3.33. The lowest BCUT2D eigenvalue weighted by molar-refractivity contribution is -0.135. The van der Waals surface area contributed by atoms with Gasteiger partial charge in [0.25, 0.3) is 0 Å². The van der Waals surface area contributed by atoms with E-state index in [0.717, 1.165) is 24.2 Å². The molecule has 2 fully saturated rings. The van der Waals surface area contributed by atoms with E-state index in [1.54, 1.807) is 6.20 Å². The summed E-state index contributed by atoms with van der Waals surface area (Å²) in [5.41, 5.74) is 1.95. The first kappa shape index (κ1) is 22.0. The van der Waals surface area contributed by atoms with Crippen LogP contribution in [0.2, 0.25) is 5.02 Å². The molecule has 0 aliphatic carbocycles. The summed E-state index contributed by atoms with van der Waals surface area (Å²) in [5.74, 6) is -1.04. The Morgan fingerprint density at radius 3 is 2.55 bits per heavy atom. The molecule has 0 bridgehead atoms. The van der Waals surface area contributed by atoms with Gasteiger partial charge in [-0.25, -0.2) is 0 Å². The topological polar surface area (TPSA) is 62.3 Å². The number of carbonyl (C=O) groups excluding carboxylic acids is 2. The second kappa shape index (κ2) is 8.71. The minimum atomic E-state index is -0.611. The van der Waals surface area contributed by atoms with Gasteiger partial charge >= 0.3 is 0 Å². The van der Waals surface area contributed by atoms with Gasteiger partial charge in [0.05, 0.1) is 5.02 Å². The molecule has 0 radical (unpaired) electrons. The summed E-state index contributed by atoms with van der Waals surface area (Å²) in [7, 11) is 0. The second-order valence-electron chi connectivity index (χ2n) is 9.77. The monoisotopic (exact) mass is 439 g/mol. The first-order valence-electron chi connectivity index (χ1n) is 11.0. The Balaban J connectivity index is 1.61. The highest BCUT2D eigenvalue weighted by atomic mass is 35.5. The Morgan fingerprint density at radius 1 is 1.16 bits per heavy atom. The Bertz CT molecular complexity index is 939. The molecule has 2 aromatic rings. The third-order valence-electron chi connectivity index (χ3n) is 6.70. The fourth-order valence-corrected chi connectivity index (χ4v) is 5.03. The SMILES string of the molecule is CC(C)(C)N1C[C@@H](C(=O)[C@H]2C(=O)NC[C@H]2Cc2ccccc2)[C@H](c2ccc(Cl)cn2)C1. The number of amides is 1. The maximum absolute atomic E-state index is 13.8. The number of ketones is 1. The van der Waals surface area contributed by atoms with E-state index in [0.29, 0.717) is 18.1 Å². The standard InChI is InChI=1S/C25H30ClN3O2/c1-25(2,3)29-14-19(21-10-9-18(26)13-27-21)20(15-29)23(30)22-17(12-28-24(22)31)11-16-7-5-4-6-8-16/h4-10,13,17,19-20,22H,11-12,14-15H2,1-3H3,(H,28,31)/t17-,19-,20-,22+/m1/s1. The molecule has 1 aromatic carbocycles. The number of nitrogens with one attached hydrogen (secondary N) is 1. The van der Waals surface area contributed by atoms with E-state index >= 15 is 0 Å². The van der Waals surface area contributed by atoms with Crippen molar-refractivity contribution in [3.8, 4) is 0 Å². The van der Waals surface area contributed by atoms with Crippen LogP contribution in [0.4, 0.5) is 0 Å². The first-order valence-corrected chi connectivity index (χ1v) is 11.3. The summed E-state index contributed by atoms with van der Waals surface area (Å²) in [6.07, 6.45) is 2.36. The van der Waals surface area contributed by atoms with Crippen molar-refractivity contribution in [3.63, 3.8) is 0 Å². The smallest absolute Gasteiger partial charge is 0.230 e. The number of halogens is 1. The van der Waals surface area contributed by atoms with Gasteiger partial charge in [0, 0.05) is 48.9 Å². The highest BCUT2D eigenvalue weighted by Crippen LogP contribution is 2.39. The fourth-order valence-electron chi connectivity index (χ4n) is 4.92. The predicted molar refractivity (Wildman–Crippen MR) is 122 cm³/mol. The van der Waals surface area contributed by atoms with Gasteiger partial charge in [0.2, 0.25) is 5.91 Å². The van der Waals surface area contributed by atoms with E-state index in [1.807, 2.05) is 30.3 Å². The van der Waals surface area contributed by atoms with Crippen LogP contribution in [0.25, 0.3) is 0 Å². The van der Waals surface area contributed by atoms with Crippen molar-refractivity contribution in [1.29, 1.82) is 0 Å². The third kappa shape index (κ3) is 4.68. The molecule has 4 atom stereocenters. The van der Waals surface area contributed by atoms with Crippen LogP contribution in [0, 0.1) is 17.8 Å². The quantitative estimate of drug-likeness (QED) is 0.721. The van der Waals surface area contributed by atoms with Gasteiger partial charge in [-0.2, -0.15) is 0 Å². The number of carbonyl (C=O) groups is 2. The largest absolute Gasteiger partial charge is 0.355 e. The molecular weight excluding hydrogens is 410 g/mol. The molecule has 2 aliphatic rings. The number of aromatic nitrogens is 1. The van der Waals surface area contributed by atoms with Crippen molar-refractivity contribution in [2.75, 3.05) is 19.6 Å². The molecule has 3 heterocycles. The molecule has 4 rings (SSSR count). The Morgan fingerprint density at radius 2 is 1.90 bits per heavy atom. The van der Waals surface area contributed by atoms with Crippen molar-refractivity contribution < 1.29 is 9.59 Å². The van der Waals surface area contributed by atoms with Crippen LogP contribution in [0.15, 0.2) is 48.7 Å². The van der Waals surface area contributed by atoms with Gasteiger partial charge in [-0.1, -0.05) is 41.9 Å². The average molecular weight is 440 g/mol. The van der Waals surface area contributed by atoms with Crippen molar-refractivity contribution in [2.24, 2.45) is 17.8 Å². The van der Waals surface area contributed by atoms with Crippen LogP contribution in [-0.2, 0) is 16.0 Å². The molecule has 5 nitrogen and oxygen atoms in total. The zero-order valence-electron chi connectivity index (χ0n) is 18.3. The van der Waals surface area contributed by atoms with Gasteiger partial charge in [-0.05, 0) is 50.8 Å². The third-order valence-corrected chi connectivity index (χ3v) is 6.93. The zero-order chi connectivity index (χ0) is 22.2. The van der Waals surface area contributed by atoms with E-state index in [4.69, 9.17) is 11.6 Å². The molecule has 1 amide bonds. The summed E-state index contributed by atoms with van der Waals surface area (Å²) in [6.45, 7) is 8.40. The zero-order valence-corrected chi connectivity index (χ0v) is 19.1. The molecule has 31 heavy (non-hydrogen) atoms. The van der Waals surface area contributed by atoms with E-state index in [1.165, 1.54) is 0 Å². The number of hydrogen-bond donors (Lipinski definition) is 1. The highest BCUT2D eigenvalue weighted by Gasteiger charge is 2.49. The molecule has 1 aromatic heterocycles. The lowest BCUT2D eigenvalue weighted by Gasteiger charge is -2.31. The predicted octanol–water partition coefficient (Wildman–Crippen LogP) is 3.72. The lowest BCUT2D eigenvalue weighted by Crippen LogP contribution is -2.41. The summed E-state index contributed by atoms with van der Waals surface area (Å²) < 4.78 is 0. The van der Waals surface area contributed by atoms with E-state index < -0.39 is 5.92 Å². The van der Waals surface area contributed by atoms with Crippen molar-refractivity contribution in [1.82, 2.24) is 15.2 Å². The molecule has 2 saturated heterocycles. The number of likely N-dealkylation sites (tertiary alicyclic amines) is 1. The van der Waals surface area contributed by atoms with Crippen LogP contribution in [0.1, 0.15) is 37.9 Å². The minimum absolute atomic E-state index is 0.0232. The summed E-state index contributed by atoms with van der Waals surface area (Å²) in [4.78, 5) is 33.5. The molecular formula is C25H30ClN3O2. The molecule has 0 spiro atoms. The maximum atomic E-state index is 13.8. The van der Waals surface area contributed by atoms with Gasteiger partial charge in [-0.15, -0.1) is 0 Å². The number of hydrogen-bond acceptors (Lipinski definition) is 4. The number of benzene rings is 1. The van der Waals surface area contributed by atoms with Crippen LogP contribution in [0.5, 0.6) is 0 Å². The lowest BCUT2D eigenvalue weighted by atomic mass is 9.78. The Labute approximate surface area is 189 Å². The van der Waals surface area contributed by atoms with Crippen molar-refractivity contribution in [3.05, 3.63) is 64.9 Å².